The predicted molar refractivity (Wildman–Crippen MR) is 108 cm³/mol. The molecule has 1 aromatic carbocycles. The molecule has 0 radical (unpaired) electrons. The van der Waals surface area contributed by atoms with Crippen molar-refractivity contribution in [3.05, 3.63) is 52.2 Å². The summed E-state index contributed by atoms with van der Waals surface area (Å²) >= 11 is 5.95. The summed E-state index contributed by atoms with van der Waals surface area (Å²) in [7, 11) is 1.53. The van der Waals surface area contributed by atoms with Gasteiger partial charge in [0, 0.05) is 30.5 Å². The first-order valence-electron chi connectivity index (χ1n) is 9.17. The Hall–Kier alpha value is -2.78. The number of halogens is 4. The molecule has 6 nitrogen and oxygen atoms in total. The Kier molecular flexibility index (Phi) is 8.70. The number of benzene rings is 1. The lowest BCUT2D eigenvalue weighted by Gasteiger charge is -2.14. The van der Waals surface area contributed by atoms with Crippen LogP contribution in [0.2, 0.25) is 5.02 Å². The lowest BCUT2D eigenvalue weighted by Crippen LogP contribution is -2.06. The fraction of sp³-hybridized carbons (Fsp3) is 0.333. The number of pyridine rings is 1. The molecule has 1 aromatic heterocycles. The SMILES string of the molecule is CCOC(=O)C(C)=Cc1ccc(OCCOC)cc1Oc1ncc(C(F)(F)F)cc1Cl. The number of aromatic nitrogens is 1. The van der Waals surface area contributed by atoms with E-state index in [1.54, 1.807) is 26.0 Å². The van der Waals surface area contributed by atoms with E-state index < -0.39 is 17.7 Å². The molecule has 0 N–H and O–H groups in total. The van der Waals surface area contributed by atoms with E-state index in [1.165, 1.54) is 19.3 Å². The molecule has 2 aromatic rings. The highest BCUT2D eigenvalue weighted by molar-refractivity contribution is 6.31. The van der Waals surface area contributed by atoms with Crippen molar-refractivity contribution in [2.45, 2.75) is 20.0 Å². The molecule has 0 saturated carbocycles. The molecule has 2 rings (SSSR count). The van der Waals surface area contributed by atoms with Gasteiger partial charge in [-0.25, -0.2) is 9.78 Å². The van der Waals surface area contributed by atoms with Crippen LogP contribution in [0.3, 0.4) is 0 Å². The van der Waals surface area contributed by atoms with Crippen molar-refractivity contribution in [2.75, 3.05) is 26.9 Å². The molecule has 0 aliphatic rings. The average molecular weight is 460 g/mol. The summed E-state index contributed by atoms with van der Waals surface area (Å²) in [6, 6.07) is 5.50. The van der Waals surface area contributed by atoms with E-state index >= 15 is 0 Å². The van der Waals surface area contributed by atoms with E-state index in [1.807, 2.05) is 0 Å². The molecule has 0 aliphatic carbocycles. The summed E-state index contributed by atoms with van der Waals surface area (Å²) < 4.78 is 59.7. The Labute approximate surface area is 182 Å². The Morgan fingerprint density at radius 1 is 1.23 bits per heavy atom. The zero-order chi connectivity index (χ0) is 23.0. The monoisotopic (exact) mass is 459 g/mol. The zero-order valence-electron chi connectivity index (χ0n) is 17.1. The maximum absolute atomic E-state index is 12.9. The smallest absolute Gasteiger partial charge is 0.417 e. The third kappa shape index (κ3) is 7.15. The summed E-state index contributed by atoms with van der Waals surface area (Å²) in [6.07, 6.45) is -2.45. The predicted octanol–water partition coefficient (Wildman–Crippen LogP) is 5.54. The Morgan fingerprint density at radius 3 is 2.58 bits per heavy atom. The highest BCUT2D eigenvalue weighted by Crippen LogP contribution is 2.37. The Morgan fingerprint density at radius 2 is 1.97 bits per heavy atom. The summed E-state index contributed by atoms with van der Waals surface area (Å²) in [5, 5.41) is -0.322. The van der Waals surface area contributed by atoms with Crippen LogP contribution in [0.4, 0.5) is 13.2 Å². The van der Waals surface area contributed by atoms with Gasteiger partial charge in [-0.2, -0.15) is 13.2 Å². The molecular weight excluding hydrogens is 439 g/mol. The minimum absolute atomic E-state index is 0.174. The van der Waals surface area contributed by atoms with E-state index in [-0.39, 0.29) is 29.9 Å². The normalized spacial score (nSPS) is 11.9. The molecule has 0 unspecified atom stereocenters. The van der Waals surface area contributed by atoms with E-state index in [2.05, 4.69) is 4.98 Å². The molecule has 168 valence electrons. The number of hydrogen-bond acceptors (Lipinski definition) is 6. The van der Waals surface area contributed by atoms with Crippen LogP contribution in [-0.2, 0) is 20.4 Å². The third-order valence-electron chi connectivity index (χ3n) is 3.85. The average Bonchev–Trinajstić information content (AvgIpc) is 2.70. The van der Waals surface area contributed by atoms with Crippen LogP contribution in [0.25, 0.3) is 6.08 Å². The Bertz CT molecular complexity index is 947. The van der Waals surface area contributed by atoms with Crippen LogP contribution in [0.1, 0.15) is 25.0 Å². The van der Waals surface area contributed by atoms with Gasteiger partial charge < -0.3 is 18.9 Å². The number of methoxy groups -OCH3 is 1. The first-order chi connectivity index (χ1) is 14.7. The van der Waals surface area contributed by atoms with Crippen LogP contribution < -0.4 is 9.47 Å². The largest absolute Gasteiger partial charge is 0.491 e. The molecule has 31 heavy (non-hydrogen) atoms. The molecule has 0 fully saturated rings. The number of carbonyl (C=O) groups excluding carboxylic acids is 1. The van der Waals surface area contributed by atoms with Gasteiger partial charge in [0.25, 0.3) is 0 Å². The molecule has 0 aliphatic heterocycles. The van der Waals surface area contributed by atoms with Crippen molar-refractivity contribution in [3.63, 3.8) is 0 Å². The molecule has 0 bridgehead atoms. The van der Waals surface area contributed by atoms with Crippen LogP contribution in [0, 0.1) is 0 Å². The van der Waals surface area contributed by atoms with Crippen molar-refractivity contribution >= 4 is 23.6 Å². The first-order valence-corrected chi connectivity index (χ1v) is 9.55. The maximum Gasteiger partial charge on any atom is 0.417 e. The van der Waals surface area contributed by atoms with E-state index in [9.17, 15) is 18.0 Å². The van der Waals surface area contributed by atoms with Crippen molar-refractivity contribution < 1.29 is 36.9 Å². The van der Waals surface area contributed by atoms with Crippen LogP contribution in [0.15, 0.2) is 36.0 Å². The van der Waals surface area contributed by atoms with Gasteiger partial charge in [-0.1, -0.05) is 11.6 Å². The van der Waals surface area contributed by atoms with Crippen molar-refractivity contribution in [1.29, 1.82) is 0 Å². The summed E-state index contributed by atoms with van der Waals surface area (Å²) in [5.41, 5.74) is -0.256. The van der Waals surface area contributed by atoms with E-state index in [0.717, 1.165) is 6.07 Å². The number of esters is 1. The van der Waals surface area contributed by atoms with Gasteiger partial charge in [0.05, 0.1) is 18.8 Å². The number of ether oxygens (including phenoxy) is 4. The second-order valence-corrected chi connectivity index (χ2v) is 6.61. The second-order valence-electron chi connectivity index (χ2n) is 6.20. The van der Waals surface area contributed by atoms with Gasteiger partial charge in [-0.05, 0) is 38.1 Å². The fourth-order valence-electron chi connectivity index (χ4n) is 2.35. The topological polar surface area (TPSA) is 66.9 Å². The van der Waals surface area contributed by atoms with Crippen LogP contribution >= 0.6 is 11.6 Å². The van der Waals surface area contributed by atoms with Gasteiger partial charge in [0.1, 0.15) is 23.1 Å². The number of hydrogen-bond donors (Lipinski definition) is 0. The highest BCUT2D eigenvalue weighted by Gasteiger charge is 2.32. The number of carbonyl (C=O) groups is 1. The molecule has 1 heterocycles. The third-order valence-corrected chi connectivity index (χ3v) is 4.12. The minimum Gasteiger partial charge on any atom is -0.491 e. The molecular formula is C21H21ClF3NO5. The molecule has 0 spiro atoms. The minimum atomic E-state index is -4.59. The highest BCUT2D eigenvalue weighted by atomic mass is 35.5. The fourth-order valence-corrected chi connectivity index (χ4v) is 2.56. The van der Waals surface area contributed by atoms with Gasteiger partial charge >= 0.3 is 12.1 Å². The van der Waals surface area contributed by atoms with E-state index in [4.69, 9.17) is 30.5 Å². The van der Waals surface area contributed by atoms with E-state index in [0.29, 0.717) is 29.7 Å². The first kappa shape index (κ1) is 24.5. The lowest BCUT2D eigenvalue weighted by molar-refractivity contribution is -0.139. The van der Waals surface area contributed by atoms with Crippen molar-refractivity contribution in [1.82, 2.24) is 4.98 Å². The lowest BCUT2D eigenvalue weighted by atomic mass is 10.1. The molecule has 0 saturated heterocycles. The number of rotatable bonds is 9. The second kappa shape index (κ2) is 11.0. The van der Waals surface area contributed by atoms with Crippen LogP contribution in [0.5, 0.6) is 17.4 Å². The van der Waals surface area contributed by atoms with Crippen molar-refractivity contribution in [2.24, 2.45) is 0 Å². The van der Waals surface area contributed by atoms with Gasteiger partial charge in [0.15, 0.2) is 0 Å². The summed E-state index contributed by atoms with van der Waals surface area (Å²) in [4.78, 5) is 15.6. The number of alkyl halides is 3. The number of nitrogens with zero attached hydrogens (tertiary/aromatic N) is 1. The van der Waals surface area contributed by atoms with Gasteiger partial charge in [-0.3, -0.25) is 0 Å². The molecule has 0 atom stereocenters. The molecule has 0 amide bonds. The quantitative estimate of drug-likeness (QED) is 0.279. The summed E-state index contributed by atoms with van der Waals surface area (Å²) in [6.45, 7) is 4.08. The zero-order valence-corrected chi connectivity index (χ0v) is 17.8. The molecule has 10 heteroatoms. The van der Waals surface area contributed by atoms with Crippen LogP contribution in [-0.4, -0.2) is 37.9 Å². The van der Waals surface area contributed by atoms with Crippen molar-refractivity contribution in [3.8, 4) is 17.4 Å². The summed E-state index contributed by atoms with van der Waals surface area (Å²) in [5.74, 6) is -0.152. The maximum atomic E-state index is 12.9. The van der Waals surface area contributed by atoms with Gasteiger partial charge in [0.2, 0.25) is 5.88 Å². The standard InChI is InChI=1S/C21H21ClF3NO5/c1-4-29-20(27)13(2)9-14-5-6-16(30-8-7-28-3)11-18(14)31-19-17(22)10-15(12-26-19)21(23,24)25/h5-6,9-12H,4,7-8H2,1-3H3. The van der Waals surface area contributed by atoms with Gasteiger partial charge in [-0.15, -0.1) is 0 Å². The Balaban J connectivity index is 2.40.